The summed E-state index contributed by atoms with van der Waals surface area (Å²) < 4.78 is 0. The largest absolute Gasteiger partial charge is 0.345 e. The van der Waals surface area contributed by atoms with E-state index in [1.807, 2.05) is 0 Å². The van der Waals surface area contributed by atoms with Crippen molar-refractivity contribution in [2.75, 3.05) is 6.54 Å². The molecule has 0 aliphatic carbocycles. The molecule has 11 heavy (non-hydrogen) atoms. The minimum atomic E-state index is -0.163. The van der Waals surface area contributed by atoms with E-state index in [2.05, 4.69) is 24.1 Å². The number of rotatable bonds is 4. The van der Waals surface area contributed by atoms with Crippen LogP contribution < -0.4 is 5.32 Å². The second kappa shape index (κ2) is 7.14. The first-order valence-electron chi connectivity index (χ1n) is 4.01. The fourth-order valence-electron chi connectivity index (χ4n) is 0.735. The third-order valence-electron chi connectivity index (χ3n) is 1.30. The SMILES string of the molecule is CC#CC(=O)NCCCCC. The van der Waals surface area contributed by atoms with Crippen molar-refractivity contribution < 1.29 is 4.79 Å². The van der Waals surface area contributed by atoms with Gasteiger partial charge in [0.2, 0.25) is 0 Å². The molecular weight excluding hydrogens is 138 g/mol. The molecular formula is C9H15NO. The second-order valence-corrected chi connectivity index (χ2v) is 2.34. The molecule has 0 atom stereocenters. The van der Waals surface area contributed by atoms with Gasteiger partial charge in [0.05, 0.1) is 0 Å². The zero-order chi connectivity index (χ0) is 8.53. The zero-order valence-electron chi connectivity index (χ0n) is 7.24. The molecule has 0 aliphatic heterocycles. The number of hydrogen-bond donors (Lipinski definition) is 1. The number of hydrogen-bond acceptors (Lipinski definition) is 1. The molecule has 0 aromatic heterocycles. The molecule has 2 heteroatoms. The molecule has 0 fully saturated rings. The summed E-state index contributed by atoms with van der Waals surface area (Å²) in [7, 11) is 0. The summed E-state index contributed by atoms with van der Waals surface area (Å²) in [5, 5.41) is 2.71. The first-order chi connectivity index (χ1) is 5.31. The molecule has 62 valence electrons. The average molecular weight is 153 g/mol. The Kier molecular flexibility index (Phi) is 6.51. The molecule has 0 saturated carbocycles. The van der Waals surface area contributed by atoms with E-state index in [4.69, 9.17) is 0 Å². The second-order valence-electron chi connectivity index (χ2n) is 2.34. The number of carbonyl (C=O) groups is 1. The van der Waals surface area contributed by atoms with Gasteiger partial charge in [-0.3, -0.25) is 4.79 Å². The normalized spacial score (nSPS) is 8.18. The maximum atomic E-state index is 10.7. The molecule has 0 spiro atoms. The van der Waals surface area contributed by atoms with E-state index in [9.17, 15) is 4.79 Å². The summed E-state index contributed by atoms with van der Waals surface area (Å²) >= 11 is 0. The highest BCUT2D eigenvalue weighted by atomic mass is 16.1. The molecule has 0 aliphatic rings. The Morgan fingerprint density at radius 2 is 2.18 bits per heavy atom. The number of amides is 1. The molecule has 1 amide bonds. The van der Waals surface area contributed by atoms with Crippen LogP contribution in [0.5, 0.6) is 0 Å². The lowest BCUT2D eigenvalue weighted by Crippen LogP contribution is -2.22. The first-order valence-corrected chi connectivity index (χ1v) is 4.01. The minimum absolute atomic E-state index is 0.163. The fraction of sp³-hybridized carbons (Fsp3) is 0.667. The van der Waals surface area contributed by atoms with Crippen molar-refractivity contribution in [2.24, 2.45) is 0 Å². The Morgan fingerprint density at radius 3 is 2.73 bits per heavy atom. The molecule has 0 radical (unpaired) electrons. The van der Waals surface area contributed by atoms with E-state index < -0.39 is 0 Å². The summed E-state index contributed by atoms with van der Waals surface area (Å²) in [5.41, 5.74) is 0. The Labute approximate surface area is 68.4 Å². The van der Waals surface area contributed by atoms with Crippen LogP contribution in [0.2, 0.25) is 0 Å². The molecule has 0 rings (SSSR count). The predicted molar refractivity (Wildman–Crippen MR) is 46.0 cm³/mol. The fourth-order valence-corrected chi connectivity index (χ4v) is 0.735. The van der Waals surface area contributed by atoms with Gasteiger partial charge in [-0.2, -0.15) is 0 Å². The Bertz CT molecular complexity index is 164. The monoisotopic (exact) mass is 153 g/mol. The number of carbonyl (C=O) groups excluding carboxylic acids is 1. The lowest BCUT2D eigenvalue weighted by atomic mass is 10.2. The summed E-state index contributed by atoms with van der Waals surface area (Å²) in [4.78, 5) is 10.7. The zero-order valence-corrected chi connectivity index (χ0v) is 7.24. The quantitative estimate of drug-likeness (QED) is 0.479. The Morgan fingerprint density at radius 1 is 1.45 bits per heavy atom. The molecule has 1 N–H and O–H groups in total. The first kappa shape index (κ1) is 10.0. The van der Waals surface area contributed by atoms with Crippen LogP contribution >= 0.6 is 0 Å². The van der Waals surface area contributed by atoms with Gasteiger partial charge in [-0.05, 0) is 19.3 Å². The van der Waals surface area contributed by atoms with Crippen molar-refractivity contribution in [3.05, 3.63) is 0 Å². The van der Waals surface area contributed by atoms with Crippen molar-refractivity contribution in [3.8, 4) is 11.8 Å². The molecule has 0 aromatic carbocycles. The minimum Gasteiger partial charge on any atom is -0.345 e. The van der Waals surface area contributed by atoms with Gasteiger partial charge in [-0.15, -0.1) is 0 Å². The third kappa shape index (κ3) is 6.92. The van der Waals surface area contributed by atoms with E-state index in [0.29, 0.717) is 0 Å². The van der Waals surface area contributed by atoms with Crippen molar-refractivity contribution in [3.63, 3.8) is 0 Å². The number of nitrogens with one attached hydrogen (secondary N) is 1. The van der Waals surface area contributed by atoms with Crippen LogP contribution in [0.15, 0.2) is 0 Å². The average Bonchev–Trinajstić information content (AvgIpc) is 1.99. The molecule has 2 nitrogen and oxygen atoms in total. The maximum absolute atomic E-state index is 10.7. The van der Waals surface area contributed by atoms with Gasteiger partial charge in [-0.1, -0.05) is 25.7 Å². The van der Waals surface area contributed by atoms with Gasteiger partial charge in [-0.25, -0.2) is 0 Å². The smallest absolute Gasteiger partial charge is 0.295 e. The van der Waals surface area contributed by atoms with Crippen LogP contribution in [0.1, 0.15) is 33.1 Å². The van der Waals surface area contributed by atoms with Gasteiger partial charge < -0.3 is 5.32 Å². The van der Waals surface area contributed by atoms with Gasteiger partial charge in [0.1, 0.15) is 0 Å². The van der Waals surface area contributed by atoms with Crippen molar-refractivity contribution in [1.82, 2.24) is 5.32 Å². The van der Waals surface area contributed by atoms with Crippen molar-refractivity contribution >= 4 is 5.91 Å². The van der Waals surface area contributed by atoms with Crippen LogP contribution in [0.25, 0.3) is 0 Å². The molecule has 0 bridgehead atoms. The highest BCUT2D eigenvalue weighted by molar-refractivity contribution is 5.93. The van der Waals surface area contributed by atoms with Crippen LogP contribution in [-0.2, 0) is 4.79 Å². The van der Waals surface area contributed by atoms with E-state index in [1.165, 1.54) is 12.8 Å². The van der Waals surface area contributed by atoms with Crippen LogP contribution in [0.3, 0.4) is 0 Å². The standard InChI is InChI=1S/C9H15NO/c1-3-5-6-8-10-9(11)7-4-2/h3,5-6,8H2,1-2H3,(H,10,11). The molecule has 0 unspecified atom stereocenters. The van der Waals surface area contributed by atoms with Gasteiger partial charge in [0, 0.05) is 6.54 Å². The predicted octanol–water partition coefficient (Wildman–Crippen LogP) is 1.32. The summed E-state index contributed by atoms with van der Waals surface area (Å²) in [6.45, 7) is 4.54. The van der Waals surface area contributed by atoms with Gasteiger partial charge >= 0.3 is 0 Å². The Hall–Kier alpha value is -0.970. The van der Waals surface area contributed by atoms with Crippen LogP contribution in [0, 0.1) is 11.8 Å². The van der Waals surface area contributed by atoms with Gasteiger partial charge in [0.25, 0.3) is 5.91 Å². The lowest BCUT2D eigenvalue weighted by Gasteiger charge is -1.97. The van der Waals surface area contributed by atoms with E-state index in [0.717, 1.165) is 13.0 Å². The highest BCUT2D eigenvalue weighted by Crippen LogP contribution is 1.90. The third-order valence-corrected chi connectivity index (χ3v) is 1.30. The van der Waals surface area contributed by atoms with Gasteiger partial charge in [0.15, 0.2) is 0 Å². The van der Waals surface area contributed by atoms with E-state index >= 15 is 0 Å². The Balaban J connectivity index is 3.22. The summed E-state index contributed by atoms with van der Waals surface area (Å²) in [6.07, 6.45) is 3.39. The molecule has 0 saturated heterocycles. The van der Waals surface area contributed by atoms with E-state index in [-0.39, 0.29) is 5.91 Å². The molecule has 0 aromatic rings. The van der Waals surface area contributed by atoms with Crippen LogP contribution in [-0.4, -0.2) is 12.5 Å². The topological polar surface area (TPSA) is 29.1 Å². The summed E-state index contributed by atoms with van der Waals surface area (Å²) in [5.74, 6) is 4.81. The lowest BCUT2D eigenvalue weighted by molar-refractivity contribution is -0.115. The van der Waals surface area contributed by atoms with Crippen molar-refractivity contribution in [1.29, 1.82) is 0 Å². The molecule has 0 heterocycles. The van der Waals surface area contributed by atoms with Crippen LogP contribution in [0.4, 0.5) is 0 Å². The number of unbranched alkanes of at least 4 members (excludes halogenated alkanes) is 2. The van der Waals surface area contributed by atoms with Crippen molar-refractivity contribution in [2.45, 2.75) is 33.1 Å². The maximum Gasteiger partial charge on any atom is 0.295 e. The van der Waals surface area contributed by atoms with E-state index in [1.54, 1.807) is 6.92 Å². The summed E-state index contributed by atoms with van der Waals surface area (Å²) in [6, 6.07) is 0. The highest BCUT2D eigenvalue weighted by Gasteiger charge is 1.91.